The summed E-state index contributed by atoms with van der Waals surface area (Å²) in [7, 11) is 0. The number of rotatable bonds is 3. The minimum Gasteiger partial charge on any atom is -0.462 e. The minimum atomic E-state index is -0.156. The molecule has 3 nitrogen and oxygen atoms in total. The summed E-state index contributed by atoms with van der Waals surface area (Å²) in [5.41, 5.74) is 0. The minimum absolute atomic E-state index is 0.0231. The Morgan fingerprint density at radius 1 is 1.46 bits per heavy atom. The third-order valence-electron chi connectivity index (χ3n) is 2.37. The zero-order valence-corrected chi connectivity index (χ0v) is 8.16. The quantitative estimate of drug-likeness (QED) is 0.493. The number of hydrogen-bond donors (Lipinski definition) is 0. The average Bonchev–Trinajstić information content (AvgIpc) is 2.52. The van der Waals surface area contributed by atoms with Crippen LogP contribution in [0.5, 0.6) is 0 Å². The number of carbonyl (C=O) groups is 2. The van der Waals surface area contributed by atoms with Crippen molar-refractivity contribution in [2.75, 3.05) is 0 Å². The Morgan fingerprint density at radius 2 is 2.15 bits per heavy atom. The highest BCUT2D eigenvalue weighted by Gasteiger charge is 2.27. The van der Waals surface area contributed by atoms with Crippen molar-refractivity contribution in [3.63, 3.8) is 0 Å². The van der Waals surface area contributed by atoms with Crippen molar-refractivity contribution in [3.05, 3.63) is 0 Å². The molecule has 1 fully saturated rings. The van der Waals surface area contributed by atoms with Crippen molar-refractivity contribution < 1.29 is 14.3 Å². The molecule has 2 atom stereocenters. The maximum atomic E-state index is 11.2. The van der Waals surface area contributed by atoms with Crippen LogP contribution in [0.4, 0.5) is 0 Å². The molecule has 0 bridgehead atoms. The molecule has 0 spiro atoms. The van der Waals surface area contributed by atoms with Gasteiger partial charge in [0.2, 0.25) is 0 Å². The molecule has 2 unspecified atom stereocenters. The fourth-order valence-corrected chi connectivity index (χ4v) is 1.50. The van der Waals surface area contributed by atoms with E-state index in [1.807, 2.05) is 13.8 Å². The van der Waals surface area contributed by atoms with E-state index < -0.39 is 0 Å². The Balaban J connectivity index is 2.31. The van der Waals surface area contributed by atoms with Crippen molar-refractivity contribution in [2.24, 2.45) is 11.8 Å². The van der Waals surface area contributed by atoms with Gasteiger partial charge in [0, 0.05) is 5.92 Å². The van der Waals surface area contributed by atoms with Crippen molar-refractivity contribution in [1.82, 2.24) is 0 Å². The molecule has 0 heterocycles. The SMILES string of the molecule is CC(C)C(=O)OC1CCC(C=O)C1. The zero-order valence-electron chi connectivity index (χ0n) is 8.16. The van der Waals surface area contributed by atoms with Gasteiger partial charge in [-0.1, -0.05) is 13.8 Å². The topological polar surface area (TPSA) is 43.4 Å². The van der Waals surface area contributed by atoms with Crippen LogP contribution >= 0.6 is 0 Å². The standard InChI is InChI=1S/C10H16O3/c1-7(2)10(12)13-9-4-3-8(5-9)6-11/h6-9H,3-5H2,1-2H3. The van der Waals surface area contributed by atoms with E-state index in [1.54, 1.807) is 0 Å². The van der Waals surface area contributed by atoms with Crippen LogP contribution in [0, 0.1) is 11.8 Å². The number of ether oxygens (including phenoxy) is 1. The predicted octanol–water partition coefficient (Wildman–Crippen LogP) is 1.55. The highest BCUT2D eigenvalue weighted by Crippen LogP contribution is 2.26. The van der Waals surface area contributed by atoms with Crippen LogP contribution in [0.25, 0.3) is 0 Å². The van der Waals surface area contributed by atoms with E-state index >= 15 is 0 Å². The van der Waals surface area contributed by atoms with Gasteiger partial charge in [-0.25, -0.2) is 0 Å². The first kappa shape index (κ1) is 10.2. The second-order valence-corrected chi connectivity index (χ2v) is 3.92. The Bertz CT molecular complexity index is 198. The van der Waals surface area contributed by atoms with Crippen LogP contribution in [0.3, 0.4) is 0 Å². The lowest BCUT2D eigenvalue weighted by molar-refractivity contribution is -0.152. The first-order valence-electron chi connectivity index (χ1n) is 4.79. The number of esters is 1. The molecular weight excluding hydrogens is 168 g/mol. The van der Waals surface area contributed by atoms with Crippen LogP contribution in [0.1, 0.15) is 33.1 Å². The zero-order chi connectivity index (χ0) is 9.84. The summed E-state index contributed by atoms with van der Waals surface area (Å²) in [6.07, 6.45) is 3.34. The van der Waals surface area contributed by atoms with Gasteiger partial charge in [-0.05, 0) is 19.3 Å². The summed E-state index contributed by atoms with van der Waals surface area (Å²) in [6, 6.07) is 0. The molecule has 0 radical (unpaired) electrons. The summed E-state index contributed by atoms with van der Waals surface area (Å²) in [4.78, 5) is 21.6. The van der Waals surface area contributed by atoms with Gasteiger partial charge in [-0.3, -0.25) is 4.79 Å². The van der Waals surface area contributed by atoms with Crippen LogP contribution in [-0.2, 0) is 14.3 Å². The van der Waals surface area contributed by atoms with Crippen LogP contribution in [-0.4, -0.2) is 18.4 Å². The molecule has 0 saturated heterocycles. The maximum Gasteiger partial charge on any atom is 0.308 e. The van der Waals surface area contributed by atoms with E-state index in [-0.39, 0.29) is 23.9 Å². The molecule has 0 aliphatic heterocycles. The van der Waals surface area contributed by atoms with E-state index in [2.05, 4.69) is 0 Å². The lowest BCUT2D eigenvalue weighted by Gasteiger charge is -2.13. The summed E-state index contributed by atoms with van der Waals surface area (Å²) in [5.74, 6) is -0.128. The van der Waals surface area contributed by atoms with Gasteiger partial charge in [-0.2, -0.15) is 0 Å². The van der Waals surface area contributed by atoms with Gasteiger partial charge < -0.3 is 9.53 Å². The summed E-state index contributed by atoms with van der Waals surface area (Å²) >= 11 is 0. The van der Waals surface area contributed by atoms with Gasteiger partial charge in [-0.15, -0.1) is 0 Å². The van der Waals surface area contributed by atoms with Crippen molar-refractivity contribution >= 4 is 12.3 Å². The third-order valence-corrected chi connectivity index (χ3v) is 2.37. The fraction of sp³-hybridized carbons (Fsp3) is 0.800. The molecule has 1 aliphatic carbocycles. The Morgan fingerprint density at radius 3 is 2.62 bits per heavy atom. The smallest absolute Gasteiger partial charge is 0.308 e. The number of hydrogen-bond acceptors (Lipinski definition) is 3. The van der Waals surface area contributed by atoms with Gasteiger partial charge in [0.25, 0.3) is 0 Å². The highest BCUT2D eigenvalue weighted by molar-refractivity contribution is 5.71. The van der Waals surface area contributed by atoms with Crippen LogP contribution < -0.4 is 0 Å². The Labute approximate surface area is 78.5 Å². The monoisotopic (exact) mass is 184 g/mol. The van der Waals surface area contributed by atoms with Crippen molar-refractivity contribution in [1.29, 1.82) is 0 Å². The molecule has 1 rings (SSSR count). The molecule has 1 saturated carbocycles. The first-order valence-corrected chi connectivity index (χ1v) is 4.79. The maximum absolute atomic E-state index is 11.2. The second-order valence-electron chi connectivity index (χ2n) is 3.92. The van der Waals surface area contributed by atoms with Gasteiger partial charge in [0.05, 0.1) is 5.92 Å². The van der Waals surface area contributed by atoms with Crippen LogP contribution in [0.2, 0.25) is 0 Å². The fourth-order valence-electron chi connectivity index (χ4n) is 1.50. The molecule has 74 valence electrons. The van der Waals surface area contributed by atoms with Gasteiger partial charge in [0.15, 0.2) is 0 Å². The van der Waals surface area contributed by atoms with E-state index in [0.717, 1.165) is 19.1 Å². The molecule has 0 aromatic rings. The van der Waals surface area contributed by atoms with E-state index in [9.17, 15) is 9.59 Å². The Kier molecular flexibility index (Phi) is 3.46. The molecule has 0 aromatic heterocycles. The molecular formula is C10H16O3. The van der Waals surface area contributed by atoms with Gasteiger partial charge in [0.1, 0.15) is 12.4 Å². The molecule has 0 N–H and O–H groups in total. The summed E-state index contributed by atoms with van der Waals surface area (Å²) in [5, 5.41) is 0. The van der Waals surface area contributed by atoms with Crippen LogP contribution in [0.15, 0.2) is 0 Å². The molecule has 0 amide bonds. The summed E-state index contributed by atoms with van der Waals surface area (Å²) in [6.45, 7) is 3.63. The largest absolute Gasteiger partial charge is 0.462 e. The second kappa shape index (κ2) is 4.40. The molecule has 13 heavy (non-hydrogen) atoms. The molecule has 1 aliphatic rings. The Hall–Kier alpha value is -0.860. The predicted molar refractivity (Wildman–Crippen MR) is 48.1 cm³/mol. The highest BCUT2D eigenvalue weighted by atomic mass is 16.5. The molecule has 3 heteroatoms. The van der Waals surface area contributed by atoms with E-state index in [0.29, 0.717) is 6.42 Å². The van der Waals surface area contributed by atoms with Crippen molar-refractivity contribution in [2.45, 2.75) is 39.2 Å². The summed E-state index contributed by atoms with van der Waals surface area (Å²) < 4.78 is 5.21. The lowest BCUT2D eigenvalue weighted by Crippen LogP contribution is -2.19. The lowest BCUT2D eigenvalue weighted by atomic mass is 10.1. The number of aldehydes is 1. The molecule has 0 aromatic carbocycles. The normalized spacial score (nSPS) is 27.6. The van der Waals surface area contributed by atoms with E-state index in [4.69, 9.17) is 4.74 Å². The third kappa shape index (κ3) is 2.83. The van der Waals surface area contributed by atoms with Crippen molar-refractivity contribution in [3.8, 4) is 0 Å². The van der Waals surface area contributed by atoms with Gasteiger partial charge >= 0.3 is 5.97 Å². The van der Waals surface area contributed by atoms with E-state index in [1.165, 1.54) is 0 Å². The first-order chi connectivity index (χ1) is 6.13. The average molecular weight is 184 g/mol. The number of carbonyl (C=O) groups excluding carboxylic acids is 2.